The van der Waals surface area contributed by atoms with Crippen molar-refractivity contribution in [3.8, 4) is 0 Å². The zero-order chi connectivity index (χ0) is 11.6. The van der Waals surface area contributed by atoms with Crippen LogP contribution in [0.3, 0.4) is 0 Å². The summed E-state index contributed by atoms with van der Waals surface area (Å²) < 4.78 is 4.68. The number of hydrogen-bond acceptors (Lipinski definition) is 0. The van der Waals surface area contributed by atoms with Crippen molar-refractivity contribution in [3.63, 3.8) is 0 Å². The second-order valence-electron chi connectivity index (χ2n) is 4.62. The van der Waals surface area contributed by atoms with Gasteiger partial charge < -0.3 is 0 Å². The van der Waals surface area contributed by atoms with Crippen molar-refractivity contribution < 1.29 is 0 Å². The summed E-state index contributed by atoms with van der Waals surface area (Å²) >= 11 is -1.08. The summed E-state index contributed by atoms with van der Waals surface area (Å²) in [5.41, 5.74) is 1.60. The van der Waals surface area contributed by atoms with Crippen molar-refractivity contribution >= 4 is 19.8 Å². The molecule has 0 aliphatic carbocycles. The summed E-state index contributed by atoms with van der Waals surface area (Å²) in [6.07, 6.45) is 5.71. The zero-order valence-electron chi connectivity index (χ0n) is 10.8. The first kappa shape index (κ1) is 14.1. The van der Waals surface area contributed by atoms with E-state index in [9.17, 15) is 0 Å². The van der Waals surface area contributed by atoms with E-state index in [1.54, 1.807) is 14.4 Å². The molecule has 0 aromatic heterocycles. The Balaban J connectivity index is 2.42. The molecule has 0 N–H and O–H groups in total. The topological polar surface area (TPSA) is 0 Å². The molecule has 0 aliphatic rings. The second kappa shape index (κ2) is 9.09. The third-order valence-corrected chi connectivity index (χ3v) is 11.7. The van der Waals surface area contributed by atoms with Gasteiger partial charge in [-0.3, -0.25) is 0 Å². The van der Waals surface area contributed by atoms with Crippen LogP contribution >= 0.6 is 0 Å². The van der Waals surface area contributed by atoms with E-state index in [2.05, 4.69) is 44.2 Å². The number of unbranched alkanes of at least 4 members (excludes halogenated alkanes) is 2. The average molecular weight is 324 g/mol. The van der Waals surface area contributed by atoms with E-state index in [1.807, 2.05) is 0 Å². The molecule has 0 fully saturated rings. The van der Waals surface area contributed by atoms with E-state index in [0.717, 1.165) is 0 Å². The van der Waals surface area contributed by atoms with Crippen molar-refractivity contribution in [1.29, 1.82) is 0 Å². The van der Waals surface area contributed by atoms with Crippen LogP contribution in [0.1, 0.15) is 45.1 Å². The molecule has 0 nitrogen and oxygen atoms in total. The first-order valence-corrected chi connectivity index (χ1v) is 12.8. The maximum absolute atomic E-state index is 2.32. The Kier molecular flexibility index (Phi) is 8.00. The summed E-state index contributed by atoms with van der Waals surface area (Å²) in [6.45, 7) is 4.65. The van der Waals surface area contributed by atoms with E-state index < -0.39 is 19.8 Å². The Labute approximate surface area is 108 Å². The Bertz CT molecular complexity index is 247. The summed E-state index contributed by atoms with van der Waals surface area (Å²) in [5.74, 6) is 0. The van der Waals surface area contributed by atoms with Crippen LogP contribution in [0, 0.1) is 0 Å². The summed E-state index contributed by atoms with van der Waals surface area (Å²) in [6, 6.07) is 11.1. The van der Waals surface area contributed by atoms with Crippen LogP contribution < -0.4 is 0 Å². The molecule has 0 bridgehead atoms. The van der Waals surface area contributed by atoms with E-state index >= 15 is 0 Å². The van der Waals surface area contributed by atoms with Gasteiger partial charge in [-0.15, -0.1) is 0 Å². The molecule has 0 unspecified atom stereocenters. The van der Waals surface area contributed by atoms with Crippen LogP contribution in [-0.2, 0) is 4.44 Å². The molecule has 0 amide bonds. The van der Waals surface area contributed by atoms with Gasteiger partial charge in [0.2, 0.25) is 0 Å². The number of benzene rings is 1. The molecule has 16 heavy (non-hydrogen) atoms. The minimum atomic E-state index is -1.08. The molecule has 1 rings (SSSR count). The van der Waals surface area contributed by atoms with E-state index in [1.165, 1.54) is 30.1 Å². The van der Waals surface area contributed by atoms with Gasteiger partial charge >= 0.3 is 108 Å². The molecular weight excluding hydrogens is 299 g/mol. The van der Waals surface area contributed by atoms with Gasteiger partial charge in [-0.05, 0) is 0 Å². The summed E-state index contributed by atoms with van der Waals surface area (Å²) in [5, 5.41) is 0. The SMILES string of the molecule is CCC[CH2][Sn]([CH2]CCC)[CH2]c1ccccc1. The van der Waals surface area contributed by atoms with Crippen LogP contribution in [0.4, 0.5) is 0 Å². The normalized spacial score (nSPS) is 10.9. The van der Waals surface area contributed by atoms with Gasteiger partial charge in [-0.25, -0.2) is 0 Å². The molecule has 1 radical (unpaired) electrons. The predicted molar refractivity (Wildman–Crippen MR) is 75.3 cm³/mol. The zero-order valence-corrected chi connectivity index (χ0v) is 13.7. The van der Waals surface area contributed by atoms with Crippen LogP contribution in [-0.4, -0.2) is 19.8 Å². The summed E-state index contributed by atoms with van der Waals surface area (Å²) in [7, 11) is 0. The minimum absolute atomic E-state index is 1.08. The van der Waals surface area contributed by atoms with E-state index in [0.29, 0.717) is 0 Å². The number of rotatable bonds is 8. The fourth-order valence-electron chi connectivity index (χ4n) is 2.04. The van der Waals surface area contributed by atoms with Gasteiger partial charge in [0.25, 0.3) is 0 Å². The standard InChI is InChI=1S/C7H7.2C4H9.Sn/c1-7-5-3-2-4-6-7;2*1-3-4-2;/h2-6H,1H2;2*1,3-4H2,2H3;. The summed E-state index contributed by atoms with van der Waals surface area (Å²) in [4.78, 5) is 0. The quantitative estimate of drug-likeness (QED) is 0.599. The first-order valence-electron chi connectivity index (χ1n) is 6.74. The Morgan fingerprint density at radius 1 is 0.875 bits per heavy atom. The van der Waals surface area contributed by atoms with Gasteiger partial charge in [0.15, 0.2) is 0 Å². The Morgan fingerprint density at radius 2 is 1.44 bits per heavy atom. The fourth-order valence-corrected chi connectivity index (χ4v) is 11.0. The third-order valence-electron chi connectivity index (χ3n) is 3.06. The molecule has 0 spiro atoms. The monoisotopic (exact) mass is 325 g/mol. The van der Waals surface area contributed by atoms with Gasteiger partial charge in [0.1, 0.15) is 0 Å². The molecular formula is C15H25Sn. The van der Waals surface area contributed by atoms with Crippen molar-refractivity contribution in [2.45, 2.75) is 52.8 Å². The van der Waals surface area contributed by atoms with Gasteiger partial charge in [0.05, 0.1) is 0 Å². The maximum atomic E-state index is 2.32. The average Bonchev–Trinajstić information content (AvgIpc) is 2.34. The molecule has 1 heteroatoms. The van der Waals surface area contributed by atoms with Crippen molar-refractivity contribution in [3.05, 3.63) is 35.9 Å². The predicted octanol–water partition coefficient (Wildman–Crippen LogP) is 4.86. The first-order chi connectivity index (χ1) is 7.86. The van der Waals surface area contributed by atoms with E-state index in [4.69, 9.17) is 0 Å². The van der Waals surface area contributed by atoms with Crippen molar-refractivity contribution in [2.75, 3.05) is 0 Å². The molecule has 0 saturated heterocycles. The van der Waals surface area contributed by atoms with Crippen molar-refractivity contribution in [2.24, 2.45) is 0 Å². The van der Waals surface area contributed by atoms with E-state index in [-0.39, 0.29) is 0 Å². The molecule has 0 saturated carbocycles. The van der Waals surface area contributed by atoms with Crippen molar-refractivity contribution in [1.82, 2.24) is 0 Å². The Hall–Kier alpha value is 0.0187. The molecule has 1 aromatic rings. The van der Waals surface area contributed by atoms with Crippen LogP contribution in [0.25, 0.3) is 0 Å². The third kappa shape index (κ3) is 5.93. The molecule has 89 valence electrons. The second-order valence-corrected chi connectivity index (χ2v) is 12.8. The molecule has 0 aliphatic heterocycles. The van der Waals surface area contributed by atoms with Gasteiger partial charge in [-0.2, -0.15) is 0 Å². The molecule has 0 atom stereocenters. The van der Waals surface area contributed by atoms with Gasteiger partial charge in [0, 0.05) is 0 Å². The molecule has 1 aromatic carbocycles. The Morgan fingerprint density at radius 3 is 1.94 bits per heavy atom. The van der Waals surface area contributed by atoms with Crippen LogP contribution in [0.15, 0.2) is 30.3 Å². The van der Waals surface area contributed by atoms with Crippen LogP contribution in [0.2, 0.25) is 8.87 Å². The molecule has 0 heterocycles. The van der Waals surface area contributed by atoms with Gasteiger partial charge in [-0.1, -0.05) is 0 Å². The van der Waals surface area contributed by atoms with Crippen LogP contribution in [0.5, 0.6) is 0 Å². The number of hydrogen-bond donors (Lipinski definition) is 0. The fraction of sp³-hybridized carbons (Fsp3) is 0.600.